The fraction of sp³-hybridized carbons (Fsp3) is 0.200. The quantitative estimate of drug-likeness (QED) is 0.816. The Morgan fingerprint density at radius 1 is 1.43 bits per heavy atom. The van der Waals surface area contributed by atoms with Crippen molar-refractivity contribution in [1.82, 2.24) is 9.97 Å². The maximum Gasteiger partial charge on any atom is 0.124 e. The Hall–Kier alpha value is -1.26. The molecule has 0 saturated carbocycles. The molecule has 0 aliphatic heterocycles. The van der Waals surface area contributed by atoms with Crippen molar-refractivity contribution < 1.29 is 5.11 Å². The summed E-state index contributed by atoms with van der Waals surface area (Å²) in [6.45, 7) is 1.99. The fourth-order valence-electron chi connectivity index (χ4n) is 1.29. The van der Waals surface area contributed by atoms with Gasteiger partial charge in [0.1, 0.15) is 6.10 Å². The van der Waals surface area contributed by atoms with Gasteiger partial charge in [-0.3, -0.25) is 9.97 Å². The molecule has 3 nitrogen and oxygen atoms in total. The Bertz CT molecular complexity index is 413. The predicted molar refractivity (Wildman–Crippen MR) is 55.1 cm³/mol. The highest BCUT2D eigenvalue weighted by Gasteiger charge is 2.14. The van der Waals surface area contributed by atoms with Crippen molar-refractivity contribution in [3.63, 3.8) is 0 Å². The lowest BCUT2D eigenvalue weighted by Gasteiger charge is -2.08. The summed E-state index contributed by atoms with van der Waals surface area (Å²) in [5.41, 5.74) is 1.50. The molecule has 2 heterocycles. The predicted octanol–water partition coefficient (Wildman–Crippen LogP) is 1.93. The monoisotopic (exact) mass is 206 g/mol. The fourth-order valence-corrected chi connectivity index (χ4v) is 2.02. The van der Waals surface area contributed by atoms with Crippen molar-refractivity contribution >= 4 is 11.3 Å². The Morgan fingerprint density at radius 2 is 2.29 bits per heavy atom. The van der Waals surface area contributed by atoms with Gasteiger partial charge in [0, 0.05) is 22.8 Å². The number of rotatable bonds is 2. The van der Waals surface area contributed by atoms with Crippen LogP contribution in [-0.2, 0) is 0 Å². The van der Waals surface area contributed by atoms with Crippen LogP contribution in [-0.4, -0.2) is 15.1 Å². The minimum atomic E-state index is -0.657. The molecule has 0 aliphatic carbocycles. The van der Waals surface area contributed by atoms with Crippen LogP contribution in [0.25, 0.3) is 0 Å². The molecule has 2 aromatic heterocycles. The normalized spacial score (nSPS) is 12.7. The lowest BCUT2D eigenvalue weighted by molar-refractivity contribution is 0.214. The smallest absolute Gasteiger partial charge is 0.124 e. The van der Waals surface area contributed by atoms with E-state index in [0.29, 0.717) is 5.69 Å². The zero-order chi connectivity index (χ0) is 9.97. The Balaban J connectivity index is 2.34. The van der Waals surface area contributed by atoms with Crippen LogP contribution >= 0.6 is 11.3 Å². The number of aryl methyl sites for hydroxylation is 1. The van der Waals surface area contributed by atoms with E-state index in [1.807, 2.05) is 18.4 Å². The van der Waals surface area contributed by atoms with Gasteiger partial charge in [0.05, 0.1) is 11.9 Å². The maximum atomic E-state index is 9.97. The summed E-state index contributed by atoms with van der Waals surface area (Å²) in [6, 6.07) is 1.92. The molecule has 0 aliphatic rings. The molecule has 14 heavy (non-hydrogen) atoms. The van der Waals surface area contributed by atoms with Gasteiger partial charge in [-0.2, -0.15) is 0 Å². The van der Waals surface area contributed by atoms with Crippen molar-refractivity contribution in [2.45, 2.75) is 13.0 Å². The lowest BCUT2D eigenvalue weighted by Crippen LogP contribution is -2.02. The number of aliphatic hydroxyl groups is 1. The Labute approximate surface area is 86.1 Å². The standard InChI is InChI=1S/C10H10N2OS/c1-7-8(2-5-14-7)10(13)9-6-11-3-4-12-9/h2-6,10,13H,1H3. The molecule has 0 spiro atoms. The van der Waals surface area contributed by atoms with Crippen LogP contribution in [0.2, 0.25) is 0 Å². The number of aliphatic hydroxyl groups excluding tert-OH is 1. The maximum absolute atomic E-state index is 9.97. The van der Waals surface area contributed by atoms with E-state index in [1.54, 1.807) is 29.9 Å². The first-order chi connectivity index (χ1) is 6.79. The molecule has 2 rings (SSSR count). The molecule has 0 fully saturated rings. The van der Waals surface area contributed by atoms with E-state index in [0.717, 1.165) is 10.4 Å². The van der Waals surface area contributed by atoms with Crippen LogP contribution in [0.5, 0.6) is 0 Å². The van der Waals surface area contributed by atoms with Gasteiger partial charge in [0.15, 0.2) is 0 Å². The van der Waals surface area contributed by atoms with Crippen LogP contribution in [0.4, 0.5) is 0 Å². The van der Waals surface area contributed by atoms with Gasteiger partial charge in [0.25, 0.3) is 0 Å². The summed E-state index contributed by atoms with van der Waals surface area (Å²) in [7, 11) is 0. The second-order valence-electron chi connectivity index (χ2n) is 2.96. The molecule has 0 bridgehead atoms. The van der Waals surface area contributed by atoms with E-state index in [-0.39, 0.29) is 0 Å². The van der Waals surface area contributed by atoms with Crippen molar-refractivity contribution in [3.05, 3.63) is 46.2 Å². The zero-order valence-electron chi connectivity index (χ0n) is 7.71. The minimum Gasteiger partial charge on any atom is -0.382 e. The van der Waals surface area contributed by atoms with Gasteiger partial charge >= 0.3 is 0 Å². The van der Waals surface area contributed by atoms with Gasteiger partial charge < -0.3 is 5.11 Å². The van der Waals surface area contributed by atoms with E-state index in [2.05, 4.69) is 9.97 Å². The van der Waals surface area contributed by atoms with Gasteiger partial charge in [0.2, 0.25) is 0 Å². The first-order valence-corrected chi connectivity index (χ1v) is 5.15. The Kier molecular flexibility index (Phi) is 2.56. The summed E-state index contributed by atoms with van der Waals surface area (Å²) in [6.07, 6.45) is 4.11. The highest BCUT2D eigenvalue weighted by Crippen LogP contribution is 2.26. The number of thiophene rings is 1. The Morgan fingerprint density at radius 3 is 2.86 bits per heavy atom. The minimum absolute atomic E-state index is 0.592. The highest BCUT2D eigenvalue weighted by atomic mass is 32.1. The molecule has 0 saturated heterocycles. The van der Waals surface area contributed by atoms with Gasteiger partial charge in [-0.15, -0.1) is 11.3 Å². The first-order valence-electron chi connectivity index (χ1n) is 4.27. The van der Waals surface area contributed by atoms with E-state index < -0.39 is 6.10 Å². The van der Waals surface area contributed by atoms with Crippen LogP contribution in [0.1, 0.15) is 22.2 Å². The van der Waals surface area contributed by atoms with Crippen molar-refractivity contribution in [2.24, 2.45) is 0 Å². The summed E-state index contributed by atoms with van der Waals surface area (Å²) in [4.78, 5) is 9.11. The summed E-state index contributed by atoms with van der Waals surface area (Å²) < 4.78 is 0. The molecule has 2 aromatic rings. The zero-order valence-corrected chi connectivity index (χ0v) is 8.53. The van der Waals surface area contributed by atoms with Crippen molar-refractivity contribution in [1.29, 1.82) is 0 Å². The number of hydrogen-bond donors (Lipinski definition) is 1. The molecule has 1 unspecified atom stereocenters. The molecular weight excluding hydrogens is 196 g/mol. The first kappa shape index (κ1) is 9.30. The second kappa shape index (κ2) is 3.86. The SMILES string of the molecule is Cc1sccc1C(O)c1cnccn1. The number of nitrogens with zero attached hydrogens (tertiary/aromatic N) is 2. The largest absolute Gasteiger partial charge is 0.382 e. The third-order valence-corrected chi connectivity index (χ3v) is 2.92. The molecular formula is C10H10N2OS. The van der Waals surface area contributed by atoms with Crippen LogP contribution in [0.15, 0.2) is 30.0 Å². The average Bonchev–Trinajstić information content (AvgIpc) is 2.65. The molecule has 4 heteroatoms. The van der Waals surface area contributed by atoms with Crippen molar-refractivity contribution in [3.8, 4) is 0 Å². The summed E-state index contributed by atoms with van der Waals surface area (Å²) in [5, 5.41) is 11.9. The number of hydrogen-bond acceptors (Lipinski definition) is 4. The topological polar surface area (TPSA) is 46.0 Å². The lowest BCUT2D eigenvalue weighted by atomic mass is 10.1. The third kappa shape index (κ3) is 1.66. The molecule has 0 aromatic carbocycles. The van der Waals surface area contributed by atoms with Gasteiger partial charge in [-0.25, -0.2) is 0 Å². The number of aromatic nitrogens is 2. The van der Waals surface area contributed by atoms with Crippen LogP contribution in [0.3, 0.4) is 0 Å². The average molecular weight is 206 g/mol. The molecule has 0 amide bonds. The molecule has 1 atom stereocenters. The van der Waals surface area contributed by atoms with E-state index in [9.17, 15) is 5.11 Å². The third-order valence-electron chi connectivity index (χ3n) is 2.06. The second-order valence-corrected chi connectivity index (χ2v) is 4.09. The highest BCUT2D eigenvalue weighted by molar-refractivity contribution is 7.10. The molecule has 0 radical (unpaired) electrons. The van der Waals surface area contributed by atoms with Crippen molar-refractivity contribution in [2.75, 3.05) is 0 Å². The summed E-state index contributed by atoms with van der Waals surface area (Å²) in [5.74, 6) is 0. The molecule has 1 N–H and O–H groups in total. The summed E-state index contributed by atoms with van der Waals surface area (Å²) >= 11 is 1.62. The molecule has 72 valence electrons. The van der Waals surface area contributed by atoms with E-state index >= 15 is 0 Å². The van der Waals surface area contributed by atoms with Crippen LogP contribution < -0.4 is 0 Å². The van der Waals surface area contributed by atoms with E-state index in [1.165, 1.54) is 0 Å². The van der Waals surface area contributed by atoms with E-state index in [4.69, 9.17) is 0 Å². The van der Waals surface area contributed by atoms with Crippen LogP contribution in [0, 0.1) is 6.92 Å². The van der Waals surface area contributed by atoms with Gasteiger partial charge in [-0.05, 0) is 18.4 Å². The van der Waals surface area contributed by atoms with Gasteiger partial charge in [-0.1, -0.05) is 0 Å².